The maximum Gasteiger partial charge on any atom is 0.331 e. The minimum atomic E-state index is -0.657. The molecule has 7 heteroatoms. The Labute approximate surface area is 156 Å². The summed E-state index contributed by atoms with van der Waals surface area (Å²) in [5.74, 6) is -0.787. The van der Waals surface area contributed by atoms with Crippen molar-refractivity contribution >= 4 is 40.4 Å². The first-order valence-corrected chi connectivity index (χ1v) is 8.29. The Hall–Kier alpha value is -3.61. The quantitative estimate of drug-likeness (QED) is 0.534. The number of nitrogens with one attached hydrogen (secondary N) is 1. The Bertz CT molecular complexity index is 941. The number of ether oxygens (including phenoxy) is 1. The molecule has 3 aromatic rings. The summed E-state index contributed by atoms with van der Waals surface area (Å²) in [5, 5.41) is 2.67. The molecule has 0 radical (unpaired) electrons. The van der Waals surface area contributed by atoms with E-state index in [1.807, 2.05) is 49.3 Å². The fraction of sp³-hybridized carbons (Fsp3) is 0.150. The summed E-state index contributed by atoms with van der Waals surface area (Å²) >= 11 is 0. The zero-order valence-electron chi connectivity index (χ0n) is 15.0. The minimum absolute atomic E-state index is 0.290. The van der Waals surface area contributed by atoms with Crippen LogP contribution in [0.5, 0.6) is 0 Å². The number of amides is 1. The number of esters is 1. The van der Waals surface area contributed by atoms with E-state index in [0.29, 0.717) is 22.7 Å². The van der Waals surface area contributed by atoms with Gasteiger partial charge in [0.15, 0.2) is 12.2 Å². The van der Waals surface area contributed by atoms with Gasteiger partial charge in [0.2, 0.25) is 5.89 Å². The normalized spacial score (nSPS) is 10.9. The lowest BCUT2D eigenvalue weighted by Gasteiger charge is -2.13. The van der Waals surface area contributed by atoms with Crippen molar-refractivity contribution in [3.8, 4) is 0 Å². The molecule has 0 aliphatic carbocycles. The number of hydrogen-bond acceptors (Lipinski definition) is 6. The predicted octanol–water partition coefficient (Wildman–Crippen LogP) is 3.09. The molecule has 0 fully saturated rings. The van der Waals surface area contributed by atoms with Gasteiger partial charge in [-0.25, -0.2) is 9.78 Å². The van der Waals surface area contributed by atoms with Gasteiger partial charge in [-0.15, -0.1) is 0 Å². The van der Waals surface area contributed by atoms with Gasteiger partial charge < -0.3 is 19.4 Å². The number of oxazole rings is 1. The van der Waals surface area contributed by atoms with Gasteiger partial charge in [-0.2, -0.15) is 0 Å². The number of hydrogen-bond donors (Lipinski definition) is 1. The largest absolute Gasteiger partial charge is 0.452 e. The average molecular weight is 365 g/mol. The van der Waals surface area contributed by atoms with Crippen molar-refractivity contribution in [2.45, 2.75) is 0 Å². The second-order valence-corrected chi connectivity index (χ2v) is 5.95. The van der Waals surface area contributed by atoms with E-state index >= 15 is 0 Å². The topological polar surface area (TPSA) is 84.7 Å². The molecule has 1 N–H and O–H groups in total. The molecule has 1 aromatic heterocycles. The second kappa shape index (κ2) is 8.18. The van der Waals surface area contributed by atoms with Crippen LogP contribution in [0.4, 0.5) is 11.4 Å². The monoisotopic (exact) mass is 365 g/mol. The van der Waals surface area contributed by atoms with Gasteiger partial charge in [-0.1, -0.05) is 12.1 Å². The van der Waals surface area contributed by atoms with E-state index in [2.05, 4.69) is 10.3 Å². The van der Waals surface area contributed by atoms with Crippen molar-refractivity contribution in [1.82, 2.24) is 4.98 Å². The van der Waals surface area contributed by atoms with Crippen molar-refractivity contribution in [1.29, 1.82) is 0 Å². The maximum absolute atomic E-state index is 11.9. The molecule has 0 unspecified atom stereocenters. The number of rotatable bonds is 6. The number of nitrogens with zero attached hydrogens (tertiary/aromatic N) is 2. The third-order valence-electron chi connectivity index (χ3n) is 3.69. The average Bonchev–Trinajstić information content (AvgIpc) is 3.08. The van der Waals surface area contributed by atoms with Crippen LogP contribution in [0.25, 0.3) is 17.2 Å². The first kappa shape index (κ1) is 18.2. The number of carbonyl (C=O) groups excluding carboxylic acids is 2. The van der Waals surface area contributed by atoms with Crippen LogP contribution in [0, 0.1) is 0 Å². The molecule has 27 heavy (non-hydrogen) atoms. The standard InChI is InChI=1S/C20H19N3O4/c1-23(2)15-9-7-14(8-10-15)21-18(24)13-26-20(25)12-11-19-22-16-5-3-4-6-17(16)27-19/h3-12H,13H2,1-2H3,(H,21,24)/b12-11+. The zero-order chi connectivity index (χ0) is 19.2. The molecule has 0 aliphatic rings. The molecule has 1 heterocycles. The van der Waals surface area contributed by atoms with Crippen LogP contribution in [0.1, 0.15) is 5.89 Å². The smallest absolute Gasteiger partial charge is 0.331 e. The highest BCUT2D eigenvalue weighted by Crippen LogP contribution is 2.16. The van der Waals surface area contributed by atoms with E-state index < -0.39 is 11.9 Å². The number of fused-ring (bicyclic) bond motifs is 1. The van der Waals surface area contributed by atoms with Crippen LogP contribution in [0.15, 0.2) is 59.0 Å². The molecule has 138 valence electrons. The van der Waals surface area contributed by atoms with E-state index in [0.717, 1.165) is 5.69 Å². The van der Waals surface area contributed by atoms with E-state index in [-0.39, 0.29) is 6.61 Å². The third kappa shape index (κ3) is 4.94. The van der Waals surface area contributed by atoms with Crippen molar-refractivity contribution in [2.75, 3.05) is 30.9 Å². The molecule has 0 saturated heterocycles. The fourth-order valence-electron chi connectivity index (χ4n) is 2.33. The van der Waals surface area contributed by atoms with Gasteiger partial charge >= 0.3 is 5.97 Å². The highest BCUT2D eigenvalue weighted by molar-refractivity contribution is 5.94. The van der Waals surface area contributed by atoms with Crippen LogP contribution in [0.2, 0.25) is 0 Å². The van der Waals surface area contributed by atoms with E-state index in [1.165, 1.54) is 12.2 Å². The zero-order valence-corrected chi connectivity index (χ0v) is 15.0. The molecule has 3 rings (SSSR count). The predicted molar refractivity (Wildman–Crippen MR) is 103 cm³/mol. The number of carbonyl (C=O) groups is 2. The lowest BCUT2D eigenvalue weighted by Crippen LogP contribution is -2.20. The van der Waals surface area contributed by atoms with Crippen LogP contribution in [0.3, 0.4) is 0 Å². The molecule has 7 nitrogen and oxygen atoms in total. The molecule has 0 aliphatic heterocycles. The Morgan fingerprint density at radius 3 is 2.59 bits per heavy atom. The van der Waals surface area contributed by atoms with Crippen molar-refractivity contribution in [2.24, 2.45) is 0 Å². The van der Waals surface area contributed by atoms with Gasteiger partial charge in [0.05, 0.1) is 0 Å². The third-order valence-corrected chi connectivity index (χ3v) is 3.69. The van der Waals surface area contributed by atoms with Crippen molar-refractivity contribution in [3.63, 3.8) is 0 Å². The van der Waals surface area contributed by atoms with E-state index in [9.17, 15) is 9.59 Å². The van der Waals surface area contributed by atoms with Crippen LogP contribution < -0.4 is 10.2 Å². The summed E-state index contributed by atoms with van der Waals surface area (Å²) in [6, 6.07) is 14.6. The number of aromatic nitrogens is 1. The first-order chi connectivity index (χ1) is 13.0. The molecule has 0 saturated carbocycles. The van der Waals surface area contributed by atoms with Gasteiger partial charge in [-0.3, -0.25) is 4.79 Å². The molecule has 0 spiro atoms. The summed E-state index contributed by atoms with van der Waals surface area (Å²) in [6.45, 7) is -0.383. The highest BCUT2D eigenvalue weighted by atomic mass is 16.5. The number of anilines is 2. The molecule has 0 atom stereocenters. The maximum atomic E-state index is 11.9. The number of para-hydroxylation sites is 2. The fourth-order valence-corrected chi connectivity index (χ4v) is 2.33. The van der Waals surface area contributed by atoms with Gasteiger partial charge in [0, 0.05) is 37.6 Å². The minimum Gasteiger partial charge on any atom is -0.452 e. The van der Waals surface area contributed by atoms with E-state index in [1.54, 1.807) is 18.2 Å². The van der Waals surface area contributed by atoms with Crippen LogP contribution in [-0.4, -0.2) is 37.6 Å². The van der Waals surface area contributed by atoms with Gasteiger partial charge in [0.25, 0.3) is 5.91 Å². The van der Waals surface area contributed by atoms with Gasteiger partial charge in [-0.05, 0) is 36.4 Å². The summed E-state index contributed by atoms with van der Waals surface area (Å²) in [4.78, 5) is 29.8. The Morgan fingerprint density at radius 2 is 1.89 bits per heavy atom. The van der Waals surface area contributed by atoms with Crippen molar-refractivity contribution < 1.29 is 18.7 Å². The highest BCUT2D eigenvalue weighted by Gasteiger charge is 2.07. The molecule has 1 amide bonds. The Morgan fingerprint density at radius 1 is 1.15 bits per heavy atom. The molecule has 0 bridgehead atoms. The van der Waals surface area contributed by atoms with Crippen LogP contribution >= 0.6 is 0 Å². The molecular formula is C20H19N3O4. The number of benzene rings is 2. The van der Waals surface area contributed by atoms with Crippen LogP contribution in [-0.2, 0) is 14.3 Å². The summed E-state index contributed by atoms with van der Waals surface area (Å²) in [6.07, 6.45) is 2.57. The van der Waals surface area contributed by atoms with Gasteiger partial charge in [0.1, 0.15) is 5.52 Å². The molecule has 2 aromatic carbocycles. The van der Waals surface area contributed by atoms with E-state index in [4.69, 9.17) is 9.15 Å². The SMILES string of the molecule is CN(C)c1ccc(NC(=O)COC(=O)/C=C/c2nc3ccccc3o2)cc1. The first-order valence-electron chi connectivity index (χ1n) is 8.29. The lowest BCUT2D eigenvalue weighted by molar-refractivity contribution is -0.142. The second-order valence-electron chi connectivity index (χ2n) is 5.95. The Kier molecular flexibility index (Phi) is 5.51. The Balaban J connectivity index is 1.48. The summed E-state index contributed by atoms with van der Waals surface area (Å²) in [5.41, 5.74) is 2.97. The lowest BCUT2D eigenvalue weighted by atomic mass is 10.2. The summed E-state index contributed by atoms with van der Waals surface area (Å²) < 4.78 is 10.4. The molecular weight excluding hydrogens is 346 g/mol. The van der Waals surface area contributed by atoms with Crippen molar-refractivity contribution in [3.05, 3.63) is 60.5 Å². The summed E-state index contributed by atoms with van der Waals surface area (Å²) in [7, 11) is 3.86.